The zero-order valence-corrected chi connectivity index (χ0v) is 27.1. The van der Waals surface area contributed by atoms with E-state index in [9.17, 15) is 19.5 Å². The molecule has 3 atom stereocenters. The number of carbonyl (C=O) groups is 3. The van der Waals surface area contributed by atoms with E-state index in [0.717, 1.165) is 28.7 Å². The summed E-state index contributed by atoms with van der Waals surface area (Å²) < 4.78 is 5.53. The largest absolute Gasteiger partial charge is 0.508 e. The second-order valence-corrected chi connectivity index (χ2v) is 13.1. The van der Waals surface area contributed by atoms with Gasteiger partial charge in [-0.2, -0.15) is 0 Å². The summed E-state index contributed by atoms with van der Waals surface area (Å²) in [4.78, 5) is 43.3. The van der Waals surface area contributed by atoms with Crippen LogP contribution in [0.3, 0.4) is 0 Å². The Labute approximate surface area is 252 Å². The molecule has 232 valence electrons. The lowest BCUT2D eigenvalue weighted by atomic mass is 9.93. The molecule has 2 aromatic rings. The van der Waals surface area contributed by atoms with Crippen LogP contribution in [0.25, 0.3) is 0 Å². The average Bonchev–Trinajstić information content (AvgIpc) is 2.85. The molecule has 0 aliphatic heterocycles. The third-order valence-corrected chi connectivity index (χ3v) is 6.93. The quantitative estimate of drug-likeness (QED) is 0.270. The van der Waals surface area contributed by atoms with Crippen molar-refractivity contribution in [3.05, 3.63) is 64.7 Å². The van der Waals surface area contributed by atoms with Gasteiger partial charge in [-0.05, 0) is 103 Å². The maximum atomic E-state index is 14.7. The highest BCUT2D eigenvalue weighted by Crippen LogP contribution is 2.30. The standard InChI is InChI=1S/C34H51N3O5/c1-21(2)11-13-25(7)37(30(31(39)35-22(3)4)28-18-12-23(5)19-24(28)6)32(40)29(36-33(41)42-34(8,9)10)20-26-14-16-27(38)17-15-26/h12,14-19,21-22,25,29-30,38H,11,13,20H2,1-10H3,(H,35,39)(H,36,41). The van der Waals surface area contributed by atoms with Crippen LogP contribution >= 0.6 is 0 Å². The number of carbonyl (C=O) groups excluding carboxylic acids is 3. The lowest BCUT2D eigenvalue weighted by Crippen LogP contribution is -2.56. The van der Waals surface area contributed by atoms with Gasteiger partial charge in [0.05, 0.1) is 0 Å². The van der Waals surface area contributed by atoms with Crippen LogP contribution in [-0.4, -0.2) is 51.6 Å². The van der Waals surface area contributed by atoms with E-state index in [2.05, 4.69) is 24.5 Å². The summed E-state index contributed by atoms with van der Waals surface area (Å²) in [5.41, 5.74) is 2.68. The minimum absolute atomic E-state index is 0.103. The van der Waals surface area contributed by atoms with Crippen LogP contribution in [0.4, 0.5) is 4.79 Å². The lowest BCUT2D eigenvalue weighted by Gasteiger charge is -2.39. The molecule has 3 unspecified atom stereocenters. The third-order valence-electron chi connectivity index (χ3n) is 6.93. The first-order valence-electron chi connectivity index (χ1n) is 15.0. The van der Waals surface area contributed by atoms with Crippen molar-refractivity contribution in [3.8, 4) is 5.75 Å². The molecule has 0 bridgehead atoms. The summed E-state index contributed by atoms with van der Waals surface area (Å²) in [6.45, 7) is 19.2. The summed E-state index contributed by atoms with van der Waals surface area (Å²) in [7, 11) is 0. The predicted molar refractivity (Wildman–Crippen MR) is 167 cm³/mol. The minimum atomic E-state index is -1.02. The van der Waals surface area contributed by atoms with Crippen molar-refractivity contribution in [1.29, 1.82) is 0 Å². The molecule has 0 saturated carbocycles. The third kappa shape index (κ3) is 10.7. The summed E-state index contributed by atoms with van der Waals surface area (Å²) in [5.74, 6) is -0.150. The van der Waals surface area contributed by atoms with Gasteiger partial charge in [0.2, 0.25) is 11.8 Å². The lowest BCUT2D eigenvalue weighted by molar-refractivity contribution is -0.145. The number of amides is 3. The van der Waals surface area contributed by atoms with E-state index >= 15 is 0 Å². The smallest absolute Gasteiger partial charge is 0.408 e. The maximum Gasteiger partial charge on any atom is 0.408 e. The number of alkyl carbamates (subject to hydrolysis) is 1. The Kier molecular flexibility index (Phi) is 12.4. The van der Waals surface area contributed by atoms with Crippen molar-refractivity contribution in [3.63, 3.8) is 0 Å². The van der Waals surface area contributed by atoms with E-state index in [4.69, 9.17) is 4.74 Å². The van der Waals surface area contributed by atoms with E-state index in [-0.39, 0.29) is 36.1 Å². The summed E-state index contributed by atoms with van der Waals surface area (Å²) in [6, 6.07) is 10.0. The van der Waals surface area contributed by atoms with Gasteiger partial charge in [0.15, 0.2) is 0 Å². The van der Waals surface area contributed by atoms with Crippen molar-refractivity contribution < 1.29 is 24.2 Å². The summed E-state index contributed by atoms with van der Waals surface area (Å²) in [5, 5.41) is 15.6. The van der Waals surface area contributed by atoms with E-state index in [0.29, 0.717) is 12.3 Å². The van der Waals surface area contributed by atoms with Gasteiger partial charge in [-0.1, -0.05) is 49.7 Å². The first-order valence-corrected chi connectivity index (χ1v) is 15.0. The number of hydrogen-bond acceptors (Lipinski definition) is 5. The van der Waals surface area contributed by atoms with E-state index in [1.807, 2.05) is 52.8 Å². The fraction of sp³-hybridized carbons (Fsp3) is 0.559. The molecule has 0 aliphatic carbocycles. The number of rotatable bonds is 12. The Morgan fingerprint density at radius 1 is 0.905 bits per heavy atom. The number of hydrogen-bond donors (Lipinski definition) is 3. The number of ether oxygens (including phenoxy) is 1. The van der Waals surface area contributed by atoms with E-state index < -0.39 is 23.8 Å². The Morgan fingerprint density at radius 2 is 1.52 bits per heavy atom. The summed E-state index contributed by atoms with van der Waals surface area (Å²) in [6.07, 6.45) is 0.970. The fourth-order valence-corrected chi connectivity index (χ4v) is 4.92. The molecule has 8 heteroatoms. The number of phenolic OH excluding ortho intramolecular Hbond substituents is 1. The van der Waals surface area contributed by atoms with Crippen LogP contribution < -0.4 is 10.6 Å². The van der Waals surface area contributed by atoms with Crippen molar-refractivity contribution in [2.75, 3.05) is 0 Å². The van der Waals surface area contributed by atoms with Crippen molar-refractivity contribution >= 4 is 17.9 Å². The van der Waals surface area contributed by atoms with Crippen LogP contribution in [-0.2, 0) is 20.7 Å². The Morgan fingerprint density at radius 3 is 2.05 bits per heavy atom. The number of aryl methyl sites for hydroxylation is 2. The normalized spacial score (nSPS) is 13.8. The highest BCUT2D eigenvalue weighted by atomic mass is 16.6. The van der Waals surface area contributed by atoms with Gasteiger partial charge in [0, 0.05) is 18.5 Å². The number of benzene rings is 2. The van der Waals surface area contributed by atoms with Crippen molar-refractivity contribution in [2.45, 2.75) is 118 Å². The van der Waals surface area contributed by atoms with E-state index in [1.165, 1.54) is 0 Å². The predicted octanol–water partition coefficient (Wildman–Crippen LogP) is 6.36. The average molecular weight is 582 g/mol. The zero-order chi connectivity index (χ0) is 31.8. The Balaban J connectivity index is 2.69. The summed E-state index contributed by atoms with van der Waals surface area (Å²) >= 11 is 0. The van der Waals surface area contributed by atoms with Crippen LogP contribution in [0.2, 0.25) is 0 Å². The highest BCUT2D eigenvalue weighted by molar-refractivity contribution is 5.93. The second kappa shape index (κ2) is 15.1. The van der Waals surface area contributed by atoms with Gasteiger partial charge in [-0.25, -0.2) is 4.79 Å². The first-order chi connectivity index (χ1) is 19.5. The van der Waals surface area contributed by atoms with Gasteiger partial charge >= 0.3 is 6.09 Å². The number of nitrogens with zero attached hydrogens (tertiary/aromatic N) is 1. The van der Waals surface area contributed by atoms with Gasteiger partial charge < -0.3 is 25.4 Å². The van der Waals surface area contributed by atoms with Gasteiger partial charge in [-0.15, -0.1) is 0 Å². The molecule has 0 aliphatic rings. The molecule has 0 radical (unpaired) electrons. The van der Waals surface area contributed by atoms with Crippen LogP contribution in [0.1, 0.15) is 96.5 Å². The molecule has 0 aromatic heterocycles. The molecule has 0 heterocycles. The molecule has 0 fully saturated rings. The minimum Gasteiger partial charge on any atom is -0.508 e. The molecule has 2 rings (SSSR count). The SMILES string of the molecule is Cc1ccc(C(C(=O)NC(C)C)N(C(=O)C(Cc2ccc(O)cc2)NC(=O)OC(C)(C)C)C(C)CCC(C)C)c(C)c1. The molecular weight excluding hydrogens is 530 g/mol. The zero-order valence-electron chi connectivity index (χ0n) is 27.1. The molecule has 2 aromatic carbocycles. The second-order valence-electron chi connectivity index (χ2n) is 13.1. The molecule has 3 amide bonds. The number of phenols is 1. The first kappa shape index (κ1) is 34.7. The maximum absolute atomic E-state index is 14.7. The molecule has 3 N–H and O–H groups in total. The molecule has 42 heavy (non-hydrogen) atoms. The van der Waals surface area contributed by atoms with Crippen LogP contribution in [0.15, 0.2) is 42.5 Å². The van der Waals surface area contributed by atoms with Gasteiger partial charge in [0.25, 0.3) is 0 Å². The van der Waals surface area contributed by atoms with Crippen LogP contribution in [0, 0.1) is 19.8 Å². The monoisotopic (exact) mass is 581 g/mol. The highest BCUT2D eigenvalue weighted by Gasteiger charge is 2.39. The molecule has 8 nitrogen and oxygen atoms in total. The van der Waals surface area contributed by atoms with E-state index in [1.54, 1.807) is 49.9 Å². The Hall–Kier alpha value is -3.55. The molecular formula is C34H51N3O5. The number of nitrogens with one attached hydrogen (secondary N) is 2. The fourth-order valence-electron chi connectivity index (χ4n) is 4.92. The van der Waals surface area contributed by atoms with Crippen molar-refractivity contribution in [2.24, 2.45) is 5.92 Å². The topological polar surface area (TPSA) is 108 Å². The van der Waals surface area contributed by atoms with Gasteiger partial charge in [0.1, 0.15) is 23.4 Å². The van der Waals surface area contributed by atoms with Gasteiger partial charge in [-0.3, -0.25) is 9.59 Å². The molecule has 0 spiro atoms. The Bertz CT molecular complexity index is 1200. The van der Waals surface area contributed by atoms with Crippen molar-refractivity contribution in [1.82, 2.24) is 15.5 Å². The molecule has 0 saturated heterocycles. The van der Waals surface area contributed by atoms with Crippen LogP contribution in [0.5, 0.6) is 5.75 Å². The number of aromatic hydroxyl groups is 1.